The van der Waals surface area contributed by atoms with E-state index in [4.69, 9.17) is 0 Å². The lowest BCUT2D eigenvalue weighted by molar-refractivity contribution is 0.0950. The SMILES string of the molecule is CN(C)c1ccc(CNC(=O)c2cnc3c(c2)c(=O)n(C)c(=O)n3C)cc1. The molecule has 2 aromatic heterocycles. The number of hydrogen-bond acceptors (Lipinski definition) is 5. The zero-order valence-corrected chi connectivity index (χ0v) is 15.7. The fourth-order valence-corrected chi connectivity index (χ4v) is 2.79. The summed E-state index contributed by atoms with van der Waals surface area (Å²) in [7, 11) is 6.86. The lowest BCUT2D eigenvalue weighted by Gasteiger charge is -2.13. The van der Waals surface area contributed by atoms with E-state index >= 15 is 0 Å². The van der Waals surface area contributed by atoms with Crippen molar-refractivity contribution < 1.29 is 4.79 Å². The second kappa shape index (κ2) is 7.06. The number of carbonyl (C=O) groups excluding carboxylic acids is 1. The number of aromatic nitrogens is 3. The summed E-state index contributed by atoms with van der Waals surface area (Å²) in [4.78, 5) is 42.8. The molecule has 8 heteroatoms. The van der Waals surface area contributed by atoms with Gasteiger partial charge in [0.05, 0.1) is 10.9 Å². The van der Waals surface area contributed by atoms with Crippen molar-refractivity contribution in [1.82, 2.24) is 19.4 Å². The van der Waals surface area contributed by atoms with E-state index in [2.05, 4.69) is 10.3 Å². The Bertz CT molecular complexity index is 1130. The molecule has 0 radical (unpaired) electrons. The molecular formula is C19H21N5O3. The van der Waals surface area contributed by atoms with Crippen LogP contribution in [0.25, 0.3) is 11.0 Å². The zero-order chi connectivity index (χ0) is 19.7. The van der Waals surface area contributed by atoms with Crippen molar-refractivity contribution in [3.63, 3.8) is 0 Å². The van der Waals surface area contributed by atoms with Crippen molar-refractivity contribution in [2.75, 3.05) is 19.0 Å². The van der Waals surface area contributed by atoms with Crippen LogP contribution in [0.15, 0.2) is 46.1 Å². The van der Waals surface area contributed by atoms with Gasteiger partial charge in [-0.3, -0.25) is 18.7 Å². The van der Waals surface area contributed by atoms with Crippen molar-refractivity contribution in [3.05, 3.63) is 68.5 Å². The lowest BCUT2D eigenvalue weighted by Crippen LogP contribution is -2.37. The molecule has 3 rings (SSSR count). The Hall–Kier alpha value is -3.42. The molecule has 1 N–H and O–H groups in total. The topological polar surface area (TPSA) is 89.2 Å². The molecule has 0 saturated heterocycles. The van der Waals surface area contributed by atoms with Gasteiger partial charge in [0.1, 0.15) is 5.65 Å². The Morgan fingerprint density at radius 1 is 1.11 bits per heavy atom. The summed E-state index contributed by atoms with van der Waals surface area (Å²) >= 11 is 0. The van der Waals surface area contributed by atoms with Crippen LogP contribution in [0.3, 0.4) is 0 Å². The van der Waals surface area contributed by atoms with E-state index in [0.717, 1.165) is 15.8 Å². The first-order chi connectivity index (χ1) is 12.8. The molecular weight excluding hydrogens is 346 g/mol. The summed E-state index contributed by atoms with van der Waals surface area (Å²) in [5, 5.41) is 3.04. The van der Waals surface area contributed by atoms with Crippen LogP contribution >= 0.6 is 0 Å². The van der Waals surface area contributed by atoms with E-state index in [1.165, 1.54) is 30.9 Å². The molecule has 3 aromatic rings. The van der Waals surface area contributed by atoms with Gasteiger partial charge < -0.3 is 10.2 Å². The molecule has 1 aromatic carbocycles. The maximum atomic E-state index is 12.4. The van der Waals surface area contributed by atoms with Gasteiger partial charge in [-0.05, 0) is 23.8 Å². The zero-order valence-electron chi connectivity index (χ0n) is 15.7. The summed E-state index contributed by atoms with van der Waals surface area (Å²) in [6.45, 7) is 0.357. The van der Waals surface area contributed by atoms with Gasteiger partial charge in [-0.1, -0.05) is 12.1 Å². The summed E-state index contributed by atoms with van der Waals surface area (Å²) in [6, 6.07) is 9.31. The number of pyridine rings is 1. The highest BCUT2D eigenvalue weighted by atomic mass is 16.2. The first-order valence-electron chi connectivity index (χ1n) is 8.40. The van der Waals surface area contributed by atoms with Gasteiger partial charge in [-0.2, -0.15) is 0 Å². The molecule has 2 heterocycles. The Labute approximate surface area is 155 Å². The summed E-state index contributed by atoms with van der Waals surface area (Å²) < 4.78 is 2.28. The molecule has 0 aliphatic rings. The van der Waals surface area contributed by atoms with E-state index in [1.54, 1.807) is 0 Å². The fraction of sp³-hybridized carbons (Fsp3) is 0.263. The van der Waals surface area contributed by atoms with Gasteiger partial charge >= 0.3 is 5.69 Å². The van der Waals surface area contributed by atoms with Crippen LogP contribution in [-0.4, -0.2) is 34.1 Å². The number of aryl methyl sites for hydroxylation is 1. The van der Waals surface area contributed by atoms with Gasteiger partial charge in [-0.15, -0.1) is 0 Å². The minimum Gasteiger partial charge on any atom is -0.378 e. The second-order valence-corrected chi connectivity index (χ2v) is 6.54. The summed E-state index contributed by atoms with van der Waals surface area (Å²) in [6.07, 6.45) is 1.37. The summed E-state index contributed by atoms with van der Waals surface area (Å²) in [5.74, 6) is -0.336. The number of rotatable bonds is 4. The lowest BCUT2D eigenvalue weighted by atomic mass is 10.2. The monoisotopic (exact) mass is 367 g/mol. The Morgan fingerprint density at radius 3 is 2.41 bits per heavy atom. The minimum absolute atomic E-state index is 0.225. The van der Waals surface area contributed by atoms with E-state index in [-0.39, 0.29) is 22.5 Å². The van der Waals surface area contributed by atoms with Gasteiger partial charge in [0, 0.05) is 46.6 Å². The molecule has 0 fully saturated rings. The first kappa shape index (κ1) is 18.4. The number of hydrogen-bond donors (Lipinski definition) is 1. The number of anilines is 1. The van der Waals surface area contributed by atoms with Crippen LogP contribution in [0, 0.1) is 0 Å². The van der Waals surface area contributed by atoms with Crippen LogP contribution in [0.2, 0.25) is 0 Å². The second-order valence-electron chi connectivity index (χ2n) is 6.54. The Morgan fingerprint density at radius 2 is 1.78 bits per heavy atom. The molecule has 0 saturated carbocycles. The Balaban J connectivity index is 1.84. The van der Waals surface area contributed by atoms with Crippen LogP contribution in [0.4, 0.5) is 5.69 Å². The average molecular weight is 367 g/mol. The number of fused-ring (bicyclic) bond motifs is 1. The quantitative estimate of drug-likeness (QED) is 0.731. The maximum Gasteiger partial charge on any atom is 0.332 e. The Kier molecular flexibility index (Phi) is 4.81. The molecule has 8 nitrogen and oxygen atoms in total. The third kappa shape index (κ3) is 3.46. The number of nitrogens with one attached hydrogen (secondary N) is 1. The molecule has 0 aliphatic heterocycles. The van der Waals surface area contributed by atoms with Crippen LogP contribution < -0.4 is 21.5 Å². The van der Waals surface area contributed by atoms with Crippen molar-refractivity contribution in [3.8, 4) is 0 Å². The van der Waals surface area contributed by atoms with E-state index in [0.29, 0.717) is 6.54 Å². The average Bonchev–Trinajstić information content (AvgIpc) is 2.68. The predicted octanol–water partition coefficient (Wildman–Crippen LogP) is 0.628. The van der Waals surface area contributed by atoms with Gasteiger partial charge in [0.15, 0.2) is 0 Å². The number of benzene rings is 1. The number of amides is 1. The largest absolute Gasteiger partial charge is 0.378 e. The normalized spacial score (nSPS) is 10.8. The highest BCUT2D eigenvalue weighted by molar-refractivity contribution is 5.96. The van der Waals surface area contributed by atoms with Crippen LogP contribution in [0.1, 0.15) is 15.9 Å². The molecule has 27 heavy (non-hydrogen) atoms. The summed E-state index contributed by atoms with van der Waals surface area (Å²) in [5.41, 5.74) is 1.61. The third-order valence-electron chi connectivity index (χ3n) is 4.46. The molecule has 0 spiro atoms. The van der Waals surface area contributed by atoms with Gasteiger partial charge in [-0.25, -0.2) is 9.78 Å². The number of nitrogens with zero attached hydrogens (tertiary/aromatic N) is 4. The molecule has 0 aliphatic carbocycles. The highest BCUT2D eigenvalue weighted by Crippen LogP contribution is 2.12. The van der Waals surface area contributed by atoms with E-state index in [1.807, 2.05) is 43.3 Å². The van der Waals surface area contributed by atoms with Gasteiger partial charge in [0.2, 0.25) is 0 Å². The van der Waals surface area contributed by atoms with Gasteiger partial charge in [0.25, 0.3) is 11.5 Å². The van der Waals surface area contributed by atoms with Crippen molar-refractivity contribution in [1.29, 1.82) is 0 Å². The minimum atomic E-state index is -0.477. The third-order valence-corrected chi connectivity index (χ3v) is 4.46. The van der Waals surface area contributed by atoms with Crippen molar-refractivity contribution >= 4 is 22.6 Å². The van der Waals surface area contributed by atoms with E-state index in [9.17, 15) is 14.4 Å². The van der Waals surface area contributed by atoms with Crippen molar-refractivity contribution in [2.45, 2.75) is 6.54 Å². The molecule has 0 bridgehead atoms. The molecule has 1 amide bonds. The standard InChI is InChI=1S/C19H21N5O3/c1-22(2)14-7-5-12(6-8-14)10-21-17(25)13-9-15-16(20-11-13)23(3)19(27)24(4)18(15)26/h5-9,11H,10H2,1-4H3,(H,21,25). The molecule has 140 valence electrons. The van der Waals surface area contributed by atoms with Crippen LogP contribution in [0.5, 0.6) is 0 Å². The number of carbonyl (C=O) groups is 1. The fourth-order valence-electron chi connectivity index (χ4n) is 2.79. The molecule has 0 unspecified atom stereocenters. The van der Waals surface area contributed by atoms with Crippen LogP contribution in [-0.2, 0) is 20.6 Å². The highest BCUT2D eigenvalue weighted by Gasteiger charge is 2.13. The van der Waals surface area contributed by atoms with E-state index < -0.39 is 11.2 Å². The molecule has 0 atom stereocenters. The van der Waals surface area contributed by atoms with Crippen molar-refractivity contribution in [2.24, 2.45) is 14.1 Å². The maximum absolute atomic E-state index is 12.4. The smallest absolute Gasteiger partial charge is 0.332 e. The first-order valence-corrected chi connectivity index (χ1v) is 8.40. The predicted molar refractivity (Wildman–Crippen MR) is 104 cm³/mol.